The molecule has 1 N–H and O–H groups in total. The van der Waals surface area contributed by atoms with Crippen molar-refractivity contribution in [2.24, 2.45) is 0 Å². The molecule has 110 valence electrons. The first kappa shape index (κ1) is 15.0. The van der Waals surface area contributed by atoms with Crippen molar-refractivity contribution in [2.75, 3.05) is 19.1 Å². The molecule has 0 radical (unpaired) electrons. The van der Waals surface area contributed by atoms with Gasteiger partial charge in [-0.2, -0.15) is 0 Å². The zero-order valence-corrected chi connectivity index (χ0v) is 12.9. The first-order valence-electron chi connectivity index (χ1n) is 6.73. The summed E-state index contributed by atoms with van der Waals surface area (Å²) in [5.74, 6) is 1.05. The van der Waals surface area contributed by atoms with Crippen LogP contribution in [0.25, 0.3) is 11.0 Å². The minimum Gasteiger partial charge on any atom is -0.328 e. The van der Waals surface area contributed by atoms with Crippen LogP contribution in [0.4, 0.5) is 0 Å². The summed E-state index contributed by atoms with van der Waals surface area (Å²) in [6.45, 7) is 2.90. The molecule has 2 aromatic rings. The first-order chi connectivity index (χ1) is 9.44. The maximum atomic E-state index is 11.5. The van der Waals surface area contributed by atoms with Gasteiger partial charge in [0, 0.05) is 25.3 Å². The van der Waals surface area contributed by atoms with E-state index in [2.05, 4.69) is 21.8 Å². The zero-order chi connectivity index (χ0) is 14.8. The van der Waals surface area contributed by atoms with E-state index in [4.69, 9.17) is 0 Å². The Labute approximate surface area is 119 Å². The first-order valence-corrected chi connectivity index (χ1v) is 8.79. The van der Waals surface area contributed by atoms with E-state index in [0.717, 1.165) is 23.4 Å². The number of hydrogen-bond acceptors (Lipinski definition) is 4. The number of para-hydroxylation sites is 2. The summed E-state index contributed by atoms with van der Waals surface area (Å²) in [6.07, 6.45) is 1.87. The summed E-state index contributed by atoms with van der Waals surface area (Å²) in [5.41, 5.74) is 2.05. The van der Waals surface area contributed by atoms with Crippen molar-refractivity contribution in [1.29, 1.82) is 0 Å². The summed E-state index contributed by atoms with van der Waals surface area (Å²) < 4.78 is 25.0. The van der Waals surface area contributed by atoms with Gasteiger partial charge in [-0.3, -0.25) is 0 Å². The molecule has 2 rings (SSSR count). The average molecular weight is 295 g/mol. The highest BCUT2D eigenvalue weighted by molar-refractivity contribution is 7.90. The van der Waals surface area contributed by atoms with Gasteiger partial charge in [-0.05, 0) is 26.1 Å². The SMILES string of the molecule is CCn1c(CC(CS(C)(=O)=O)NC)nc2ccccc21. The highest BCUT2D eigenvalue weighted by atomic mass is 32.2. The molecule has 6 heteroatoms. The molecule has 0 fully saturated rings. The average Bonchev–Trinajstić information content (AvgIpc) is 2.73. The smallest absolute Gasteiger partial charge is 0.148 e. The van der Waals surface area contributed by atoms with Gasteiger partial charge >= 0.3 is 0 Å². The van der Waals surface area contributed by atoms with Gasteiger partial charge in [0.15, 0.2) is 0 Å². The Morgan fingerprint density at radius 2 is 2.05 bits per heavy atom. The Balaban J connectivity index is 2.32. The van der Waals surface area contributed by atoms with Crippen molar-refractivity contribution >= 4 is 20.9 Å². The molecule has 0 amide bonds. The lowest BCUT2D eigenvalue weighted by Crippen LogP contribution is -2.35. The highest BCUT2D eigenvalue weighted by Gasteiger charge is 2.18. The molecule has 1 aromatic carbocycles. The van der Waals surface area contributed by atoms with Gasteiger partial charge < -0.3 is 9.88 Å². The normalized spacial score (nSPS) is 13.8. The molecular formula is C14H21N3O2S. The summed E-state index contributed by atoms with van der Waals surface area (Å²) in [7, 11) is -1.22. The minimum atomic E-state index is -3.00. The lowest BCUT2D eigenvalue weighted by Gasteiger charge is -2.15. The lowest BCUT2D eigenvalue weighted by atomic mass is 10.2. The largest absolute Gasteiger partial charge is 0.328 e. The van der Waals surface area contributed by atoms with Crippen LogP contribution in [0.5, 0.6) is 0 Å². The summed E-state index contributed by atoms with van der Waals surface area (Å²) in [4.78, 5) is 4.63. The monoisotopic (exact) mass is 295 g/mol. The number of fused-ring (bicyclic) bond motifs is 1. The van der Waals surface area contributed by atoms with Crippen LogP contribution >= 0.6 is 0 Å². The molecule has 0 aliphatic heterocycles. The van der Waals surface area contributed by atoms with E-state index in [1.54, 1.807) is 7.05 Å². The number of aryl methyl sites for hydroxylation is 1. The number of rotatable bonds is 6. The number of benzene rings is 1. The van der Waals surface area contributed by atoms with Crippen molar-refractivity contribution in [3.63, 3.8) is 0 Å². The van der Waals surface area contributed by atoms with Crippen LogP contribution in [0, 0.1) is 0 Å². The number of nitrogens with one attached hydrogen (secondary N) is 1. The number of sulfone groups is 1. The molecule has 0 saturated carbocycles. The number of hydrogen-bond donors (Lipinski definition) is 1. The fourth-order valence-electron chi connectivity index (χ4n) is 2.46. The highest BCUT2D eigenvalue weighted by Crippen LogP contribution is 2.17. The second-order valence-electron chi connectivity index (χ2n) is 5.04. The minimum absolute atomic E-state index is 0.118. The van der Waals surface area contributed by atoms with Crippen LogP contribution < -0.4 is 5.32 Å². The Morgan fingerprint density at radius 3 is 2.65 bits per heavy atom. The van der Waals surface area contributed by atoms with Gasteiger partial charge in [0.05, 0.1) is 16.8 Å². The van der Waals surface area contributed by atoms with Gasteiger partial charge in [0.1, 0.15) is 15.7 Å². The van der Waals surface area contributed by atoms with Gasteiger partial charge in [-0.25, -0.2) is 13.4 Å². The molecule has 1 unspecified atom stereocenters. The van der Waals surface area contributed by atoms with E-state index in [-0.39, 0.29) is 11.8 Å². The number of imidazole rings is 1. The zero-order valence-electron chi connectivity index (χ0n) is 12.1. The molecule has 0 aliphatic rings. The van der Waals surface area contributed by atoms with E-state index in [9.17, 15) is 8.42 Å². The third kappa shape index (κ3) is 3.37. The number of likely N-dealkylation sites (N-methyl/N-ethyl adjacent to an activating group) is 1. The maximum absolute atomic E-state index is 11.5. The second kappa shape index (κ2) is 5.93. The van der Waals surface area contributed by atoms with E-state index in [1.807, 2.05) is 24.3 Å². The Hall–Kier alpha value is -1.40. The molecule has 5 nitrogen and oxygen atoms in total. The van der Waals surface area contributed by atoms with Crippen molar-refractivity contribution in [2.45, 2.75) is 25.9 Å². The molecular weight excluding hydrogens is 274 g/mol. The van der Waals surface area contributed by atoms with Crippen LogP contribution in [0.1, 0.15) is 12.7 Å². The van der Waals surface area contributed by atoms with Crippen molar-refractivity contribution < 1.29 is 8.42 Å². The number of aromatic nitrogens is 2. The van der Waals surface area contributed by atoms with Crippen molar-refractivity contribution in [1.82, 2.24) is 14.9 Å². The standard InChI is InChI=1S/C14H21N3O2S/c1-4-17-13-8-6-5-7-12(13)16-14(17)9-11(15-2)10-20(3,18)19/h5-8,11,15H,4,9-10H2,1-3H3. The third-order valence-corrected chi connectivity index (χ3v) is 4.40. The quantitative estimate of drug-likeness (QED) is 0.870. The van der Waals surface area contributed by atoms with E-state index < -0.39 is 9.84 Å². The molecule has 1 heterocycles. The van der Waals surface area contributed by atoms with Crippen LogP contribution in [0.2, 0.25) is 0 Å². The van der Waals surface area contributed by atoms with E-state index in [0.29, 0.717) is 6.42 Å². The Morgan fingerprint density at radius 1 is 1.35 bits per heavy atom. The third-order valence-electron chi connectivity index (χ3n) is 3.39. The topological polar surface area (TPSA) is 64.0 Å². The van der Waals surface area contributed by atoms with Gasteiger partial charge in [-0.15, -0.1) is 0 Å². The van der Waals surface area contributed by atoms with Crippen LogP contribution in [0.3, 0.4) is 0 Å². The van der Waals surface area contributed by atoms with Crippen LogP contribution in [0.15, 0.2) is 24.3 Å². The maximum Gasteiger partial charge on any atom is 0.148 e. The Bertz CT molecular complexity index is 692. The van der Waals surface area contributed by atoms with Crippen LogP contribution in [-0.2, 0) is 22.8 Å². The molecule has 0 bridgehead atoms. The van der Waals surface area contributed by atoms with Gasteiger partial charge in [-0.1, -0.05) is 12.1 Å². The van der Waals surface area contributed by atoms with E-state index >= 15 is 0 Å². The van der Waals surface area contributed by atoms with Crippen LogP contribution in [-0.4, -0.2) is 43.1 Å². The summed E-state index contributed by atoms with van der Waals surface area (Å²) >= 11 is 0. The predicted octanol–water partition coefficient (Wildman–Crippen LogP) is 1.23. The number of nitrogens with zero attached hydrogens (tertiary/aromatic N) is 2. The Kier molecular flexibility index (Phi) is 4.45. The molecule has 20 heavy (non-hydrogen) atoms. The lowest BCUT2D eigenvalue weighted by molar-refractivity contribution is 0.549. The van der Waals surface area contributed by atoms with Crippen molar-refractivity contribution in [3.8, 4) is 0 Å². The molecule has 0 aliphatic carbocycles. The fraction of sp³-hybridized carbons (Fsp3) is 0.500. The van der Waals surface area contributed by atoms with Crippen molar-refractivity contribution in [3.05, 3.63) is 30.1 Å². The molecule has 0 spiro atoms. The molecule has 0 saturated heterocycles. The fourth-order valence-corrected chi connectivity index (χ4v) is 3.48. The molecule has 1 aromatic heterocycles. The van der Waals surface area contributed by atoms with Gasteiger partial charge in [0.2, 0.25) is 0 Å². The summed E-state index contributed by atoms with van der Waals surface area (Å²) in [5, 5.41) is 3.07. The van der Waals surface area contributed by atoms with E-state index in [1.165, 1.54) is 6.26 Å². The predicted molar refractivity (Wildman–Crippen MR) is 81.7 cm³/mol. The second-order valence-corrected chi connectivity index (χ2v) is 7.23. The van der Waals surface area contributed by atoms with Gasteiger partial charge in [0.25, 0.3) is 0 Å². The summed E-state index contributed by atoms with van der Waals surface area (Å²) in [6, 6.07) is 7.86. The molecule has 1 atom stereocenters.